The molecular weight excluding hydrogens is 757 g/mol. The van der Waals surface area contributed by atoms with E-state index in [1.54, 1.807) is 0 Å². The van der Waals surface area contributed by atoms with Gasteiger partial charge in [-0.05, 0) is 87.8 Å². The maximum Gasteiger partial charge on any atom is 0.169 e. The van der Waals surface area contributed by atoms with Crippen molar-refractivity contribution in [1.82, 2.24) is 9.88 Å². The van der Waals surface area contributed by atoms with Crippen molar-refractivity contribution in [3.63, 3.8) is 0 Å². The van der Waals surface area contributed by atoms with Gasteiger partial charge < -0.3 is 9.88 Å². The van der Waals surface area contributed by atoms with Crippen LogP contribution in [0, 0.1) is 0 Å². The van der Waals surface area contributed by atoms with Crippen molar-refractivity contribution in [2.45, 2.75) is 6.17 Å². The molecule has 1 atom stereocenters. The quantitative estimate of drug-likeness (QED) is 0.190. The number of amidine groups is 2. The number of hydrogen-bond acceptors (Lipinski definition) is 5. The summed E-state index contributed by atoms with van der Waals surface area (Å²) in [6.45, 7) is 0. The van der Waals surface area contributed by atoms with Crippen LogP contribution in [0.25, 0.3) is 89.4 Å². The van der Waals surface area contributed by atoms with E-state index in [2.05, 4.69) is 192 Å². The van der Waals surface area contributed by atoms with Gasteiger partial charge in [0.15, 0.2) is 6.17 Å². The van der Waals surface area contributed by atoms with Gasteiger partial charge in [0, 0.05) is 67.9 Å². The fourth-order valence-electron chi connectivity index (χ4n) is 9.31. The first-order chi connectivity index (χ1) is 29.2. The number of benzene rings is 9. The molecule has 13 rings (SSSR count). The Balaban J connectivity index is 0.985. The monoisotopic (exact) mass is 788 g/mol. The molecule has 0 spiro atoms. The molecule has 3 aromatic heterocycles. The lowest BCUT2D eigenvalue weighted by atomic mass is 10.00. The molecule has 1 aliphatic rings. The predicted molar refractivity (Wildman–Crippen MR) is 253 cm³/mol. The van der Waals surface area contributed by atoms with E-state index < -0.39 is 6.17 Å². The molecule has 6 heteroatoms. The van der Waals surface area contributed by atoms with Gasteiger partial charge in [-0.2, -0.15) is 0 Å². The molecule has 4 nitrogen and oxygen atoms in total. The molecule has 276 valence electrons. The smallest absolute Gasteiger partial charge is 0.169 e. The molecule has 59 heavy (non-hydrogen) atoms. The highest BCUT2D eigenvalue weighted by atomic mass is 32.1. The molecule has 1 unspecified atom stereocenters. The Morgan fingerprint density at radius 2 is 1.02 bits per heavy atom. The Labute approximate surface area is 346 Å². The number of rotatable bonds is 4. The molecule has 0 fully saturated rings. The second-order valence-corrected chi connectivity index (χ2v) is 17.5. The third-order valence-corrected chi connectivity index (χ3v) is 14.4. The van der Waals surface area contributed by atoms with Gasteiger partial charge in [0.25, 0.3) is 0 Å². The van der Waals surface area contributed by atoms with E-state index >= 15 is 0 Å². The molecule has 12 aromatic rings. The zero-order valence-corrected chi connectivity index (χ0v) is 33.2. The third-order valence-electron chi connectivity index (χ3n) is 12.0. The molecule has 0 amide bonds. The van der Waals surface area contributed by atoms with Gasteiger partial charge in [-0.15, -0.1) is 22.7 Å². The zero-order chi connectivity index (χ0) is 38.6. The van der Waals surface area contributed by atoms with Crippen molar-refractivity contribution in [2.24, 2.45) is 9.98 Å². The van der Waals surface area contributed by atoms with Crippen molar-refractivity contribution >= 4 is 118 Å². The summed E-state index contributed by atoms with van der Waals surface area (Å²) in [4.78, 5) is 10.8. The standard InChI is InChI=1S/C53H32N4S2/c1-3-12-36-31(10-1)22-27-43-48(36)49-37-13-4-2-11-32(37)23-28-44(49)57(43)35-25-20-33(21-26-35)51-54-52(34-24-29-47-42(30-34)39-15-6-7-18-45(39)58-47)56-53(55-51)41-17-9-16-40-38-14-5-8-19-46(38)59-50(40)41/h1-30,51H,(H,54,55,56). The van der Waals surface area contributed by atoms with Crippen LogP contribution in [0.5, 0.6) is 0 Å². The second-order valence-electron chi connectivity index (χ2n) is 15.3. The Kier molecular flexibility index (Phi) is 7.08. The minimum Gasteiger partial charge on any atom is -0.324 e. The topological polar surface area (TPSA) is 41.7 Å². The summed E-state index contributed by atoms with van der Waals surface area (Å²) in [6, 6.07) is 66.0. The number of fused-ring (bicyclic) bond motifs is 13. The number of aliphatic imine (C=N–C) groups is 2. The van der Waals surface area contributed by atoms with Crippen molar-refractivity contribution in [3.05, 3.63) is 199 Å². The number of hydrogen-bond donors (Lipinski definition) is 1. The van der Waals surface area contributed by atoms with Crippen LogP contribution < -0.4 is 5.32 Å². The lowest BCUT2D eigenvalue weighted by Crippen LogP contribution is -2.36. The number of nitrogens with one attached hydrogen (secondary N) is 1. The van der Waals surface area contributed by atoms with Gasteiger partial charge in [0.2, 0.25) is 0 Å². The molecule has 1 aliphatic heterocycles. The van der Waals surface area contributed by atoms with Crippen LogP contribution in [0.3, 0.4) is 0 Å². The van der Waals surface area contributed by atoms with Gasteiger partial charge in [0.1, 0.15) is 11.7 Å². The van der Waals surface area contributed by atoms with Crippen LogP contribution in [-0.2, 0) is 0 Å². The summed E-state index contributed by atoms with van der Waals surface area (Å²) < 4.78 is 7.48. The van der Waals surface area contributed by atoms with Crippen LogP contribution in [-0.4, -0.2) is 16.2 Å². The molecule has 0 saturated carbocycles. The van der Waals surface area contributed by atoms with Gasteiger partial charge in [0.05, 0.1) is 11.0 Å². The summed E-state index contributed by atoms with van der Waals surface area (Å²) >= 11 is 3.65. The van der Waals surface area contributed by atoms with E-state index in [0.29, 0.717) is 0 Å². The number of nitrogens with zero attached hydrogens (tertiary/aromatic N) is 3. The van der Waals surface area contributed by atoms with Crippen LogP contribution >= 0.6 is 22.7 Å². The number of thiophene rings is 2. The Morgan fingerprint density at radius 1 is 0.441 bits per heavy atom. The summed E-state index contributed by atoms with van der Waals surface area (Å²) in [5, 5.41) is 16.4. The van der Waals surface area contributed by atoms with E-state index in [9.17, 15) is 0 Å². The highest BCUT2D eigenvalue weighted by Gasteiger charge is 2.24. The van der Waals surface area contributed by atoms with E-state index in [0.717, 1.165) is 34.0 Å². The molecule has 0 bridgehead atoms. The van der Waals surface area contributed by atoms with E-state index in [1.807, 2.05) is 22.7 Å². The normalized spacial score (nSPS) is 14.6. The Morgan fingerprint density at radius 3 is 1.73 bits per heavy atom. The fraction of sp³-hybridized carbons (Fsp3) is 0.0189. The molecule has 0 radical (unpaired) electrons. The second kappa shape index (κ2) is 12.7. The Bertz CT molecular complexity index is 3680. The number of aromatic nitrogens is 1. The van der Waals surface area contributed by atoms with Gasteiger partial charge in [-0.1, -0.05) is 121 Å². The molecule has 0 aliphatic carbocycles. The van der Waals surface area contributed by atoms with E-state index in [-0.39, 0.29) is 0 Å². The summed E-state index contributed by atoms with van der Waals surface area (Å²) in [7, 11) is 0. The molecule has 1 N–H and O–H groups in total. The van der Waals surface area contributed by atoms with Crippen LogP contribution in [0.1, 0.15) is 22.9 Å². The first kappa shape index (κ1) is 32.9. The predicted octanol–water partition coefficient (Wildman–Crippen LogP) is 14.3. The maximum atomic E-state index is 5.40. The van der Waals surface area contributed by atoms with Gasteiger partial charge in [-0.25, -0.2) is 9.98 Å². The van der Waals surface area contributed by atoms with Crippen molar-refractivity contribution in [1.29, 1.82) is 0 Å². The molecule has 0 saturated heterocycles. The van der Waals surface area contributed by atoms with Crippen molar-refractivity contribution in [2.75, 3.05) is 0 Å². The van der Waals surface area contributed by atoms with Gasteiger partial charge in [-0.3, -0.25) is 0 Å². The zero-order valence-electron chi connectivity index (χ0n) is 31.6. The minimum atomic E-state index is -0.444. The minimum absolute atomic E-state index is 0.444. The first-order valence-electron chi connectivity index (χ1n) is 19.9. The van der Waals surface area contributed by atoms with E-state index in [4.69, 9.17) is 9.98 Å². The SMILES string of the molecule is c1ccc2c(c1)ccc1c2c2c3ccccc3ccc2n1-c1ccc(C2N=C(c3ccc4sc5ccccc5c4c3)NC(c3cccc4c3sc3ccccc34)=N2)cc1. The Hall–Kier alpha value is -7.12. The summed E-state index contributed by atoms with van der Waals surface area (Å²) in [5.74, 6) is 1.65. The maximum absolute atomic E-state index is 5.40. The van der Waals surface area contributed by atoms with Crippen LogP contribution in [0.4, 0.5) is 0 Å². The third kappa shape index (κ3) is 5.00. The molecular formula is C53H32N4S2. The molecule has 4 heterocycles. The first-order valence-corrected chi connectivity index (χ1v) is 21.6. The lowest BCUT2D eigenvalue weighted by Gasteiger charge is -2.23. The average molecular weight is 789 g/mol. The molecule has 9 aromatic carbocycles. The van der Waals surface area contributed by atoms with Gasteiger partial charge >= 0.3 is 0 Å². The fourth-order valence-corrected chi connectivity index (χ4v) is 11.6. The lowest BCUT2D eigenvalue weighted by molar-refractivity contribution is 0.756. The van der Waals surface area contributed by atoms with Crippen LogP contribution in [0.2, 0.25) is 0 Å². The highest BCUT2D eigenvalue weighted by Crippen LogP contribution is 2.42. The van der Waals surface area contributed by atoms with Crippen LogP contribution in [0.15, 0.2) is 192 Å². The van der Waals surface area contributed by atoms with Crippen molar-refractivity contribution in [3.8, 4) is 5.69 Å². The summed E-state index contributed by atoms with van der Waals surface area (Å²) in [6.07, 6.45) is -0.444. The average Bonchev–Trinajstić information content (AvgIpc) is 3.98. The van der Waals surface area contributed by atoms with E-state index in [1.165, 1.54) is 83.7 Å². The largest absolute Gasteiger partial charge is 0.324 e. The summed E-state index contributed by atoms with van der Waals surface area (Å²) in [5.41, 5.74) is 6.66. The van der Waals surface area contributed by atoms with Crippen molar-refractivity contribution < 1.29 is 0 Å². The highest BCUT2D eigenvalue weighted by molar-refractivity contribution is 7.26.